The van der Waals surface area contributed by atoms with E-state index in [4.69, 9.17) is 0 Å². The van der Waals surface area contributed by atoms with Gasteiger partial charge in [0.15, 0.2) is 5.13 Å². The molecule has 0 radical (unpaired) electrons. The lowest BCUT2D eigenvalue weighted by Gasteiger charge is -2.27. The fraction of sp³-hybridized carbons (Fsp3) is 0.545. The molecule has 1 aromatic heterocycles. The van der Waals surface area contributed by atoms with E-state index in [9.17, 15) is 9.18 Å². The van der Waals surface area contributed by atoms with Crippen molar-refractivity contribution in [3.8, 4) is 0 Å². The Labute approximate surface area is 175 Å². The van der Waals surface area contributed by atoms with Crippen LogP contribution in [0, 0.1) is 17.7 Å². The van der Waals surface area contributed by atoms with Gasteiger partial charge in [0.2, 0.25) is 5.91 Å². The minimum absolute atomic E-state index is 0.133. The molecule has 0 atom stereocenters. The Balaban J connectivity index is 1.39. The van der Waals surface area contributed by atoms with Gasteiger partial charge in [-0.1, -0.05) is 38.3 Å². The molecule has 1 aliphatic carbocycles. The number of halogens is 1. The molecular weight excluding hydrogens is 391 g/mol. The van der Waals surface area contributed by atoms with Crippen molar-refractivity contribution in [2.45, 2.75) is 63.4 Å². The summed E-state index contributed by atoms with van der Waals surface area (Å²) >= 11 is 3.24. The van der Waals surface area contributed by atoms with Crippen LogP contribution in [-0.2, 0) is 16.3 Å². The second-order valence-electron chi connectivity index (χ2n) is 7.61. The van der Waals surface area contributed by atoms with Gasteiger partial charge in [0.05, 0.1) is 5.69 Å². The average Bonchev–Trinajstić information content (AvgIpc) is 3.15. The van der Waals surface area contributed by atoms with Crippen LogP contribution in [0.1, 0.15) is 63.1 Å². The summed E-state index contributed by atoms with van der Waals surface area (Å²) < 4.78 is 12.9. The summed E-state index contributed by atoms with van der Waals surface area (Å²) in [6.45, 7) is 2.24. The zero-order valence-electron chi connectivity index (χ0n) is 16.5. The molecule has 1 fully saturated rings. The Hall–Kier alpha value is -1.40. The molecule has 1 amide bonds. The molecule has 3 rings (SSSR count). The van der Waals surface area contributed by atoms with Gasteiger partial charge in [-0.25, -0.2) is 9.37 Å². The summed E-state index contributed by atoms with van der Waals surface area (Å²) in [5.41, 5.74) is 2.08. The van der Waals surface area contributed by atoms with E-state index in [0.29, 0.717) is 5.13 Å². The van der Waals surface area contributed by atoms with Gasteiger partial charge >= 0.3 is 0 Å². The first-order chi connectivity index (χ1) is 13.6. The van der Waals surface area contributed by atoms with Crippen molar-refractivity contribution in [2.75, 3.05) is 5.32 Å². The number of anilines is 1. The maximum atomic E-state index is 12.9. The summed E-state index contributed by atoms with van der Waals surface area (Å²) in [5, 5.41) is 5.73. The Morgan fingerprint density at radius 1 is 1.21 bits per heavy atom. The quantitative estimate of drug-likeness (QED) is 0.494. The monoisotopic (exact) mass is 420 g/mol. The molecule has 152 valence electrons. The van der Waals surface area contributed by atoms with Gasteiger partial charge in [0.1, 0.15) is 5.82 Å². The van der Waals surface area contributed by atoms with E-state index in [2.05, 4.69) is 17.2 Å². The molecule has 3 nitrogen and oxygen atoms in total. The van der Waals surface area contributed by atoms with Gasteiger partial charge in [-0.15, -0.1) is 11.3 Å². The first kappa shape index (κ1) is 21.3. The van der Waals surface area contributed by atoms with Crippen molar-refractivity contribution in [3.63, 3.8) is 0 Å². The van der Waals surface area contributed by atoms with Crippen molar-refractivity contribution >= 4 is 34.1 Å². The van der Waals surface area contributed by atoms with Crippen LogP contribution < -0.4 is 5.32 Å². The molecule has 1 aliphatic rings. The molecule has 1 saturated carbocycles. The standard InChI is InChI=1S/C22H29FN2OS2/c1-2-3-4-16-5-9-18(10-6-16)21(26)25-22-24-20(15-28-22)14-27-13-17-7-11-19(23)12-8-17/h7-8,11-12,15-16,18H,2-6,9-10,13-14H2,1H3,(H,24,25,26). The molecule has 0 bridgehead atoms. The maximum absolute atomic E-state index is 12.9. The van der Waals surface area contributed by atoms with Crippen LogP contribution in [0.3, 0.4) is 0 Å². The number of thiazole rings is 1. The number of nitrogens with one attached hydrogen (secondary N) is 1. The number of carbonyl (C=O) groups excluding carboxylic acids is 1. The molecular formula is C22H29FN2OS2. The third-order valence-corrected chi connectivity index (χ3v) is 7.24. The van der Waals surface area contributed by atoms with E-state index in [1.807, 2.05) is 17.5 Å². The van der Waals surface area contributed by atoms with Crippen LogP contribution in [0.15, 0.2) is 29.6 Å². The van der Waals surface area contributed by atoms with Crippen molar-refractivity contribution in [1.29, 1.82) is 0 Å². The number of unbranched alkanes of at least 4 members (excludes halogenated alkanes) is 1. The molecule has 0 spiro atoms. The fourth-order valence-corrected chi connectivity index (χ4v) is 5.40. The number of hydrogen-bond donors (Lipinski definition) is 1. The third kappa shape index (κ3) is 6.59. The smallest absolute Gasteiger partial charge is 0.229 e. The molecule has 1 heterocycles. The highest BCUT2D eigenvalue weighted by Crippen LogP contribution is 2.33. The predicted molar refractivity (Wildman–Crippen MR) is 117 cm³/mol. The van der Waals surface area contributed by atoms with Gasteiger partial charge < -0.3 is 5.32 Å². The van der Waals surface area contributed by atoms with Crippen molar-refractivity contribution < 1.29 is 9.18 Å². The highest BCUT2D eigenvalue weighted by atomic mass is 32.2. The summed E-state index contributed by atoms with van der Waals surface area (Å²) in [5.74, 6) is 2.48. The van der Waals surface area contributed by atoms with E-state index in [1.54, 1.807) is 11.8 Å². The van der Waals surface area contributed by atoms with Gasteiger partial charge in [-0.05, 0) is 49.3 Å². The SMILES string of the molecule is CCCCC1CCC(C(=O)Nc2nc(CSCc3ccc(F)cc3)cs2)CC1. The van der Waals surface area contributed by atoms with Gasteiger partial charge in [-0.3, -0.25) is 4.79 Å². The highest BCUT2D eigenvalue weighted by molar-refractivity contribution is 7.97. The number of carbonyl (C=O) groups is 1. The van der Waals surface area contributed by atoms with Crippen LogP contribution in [0.5, 0.6) is 0 Å². The summed E-state index contributed by atoms with van der Waals surface area (Å²) in [6, 6.07) is 6.60. The van der Waals surface area contributed by atoms with E-state index >= 15 is 0 Å². The van der Waals surface area contributed by atoms with Crippen molar-refractivity contribution in [2.24, 2.45) is 11.8 Å². The number of rotatable bonds is 9. The van der Waals surface area contributed by atoms with Crippen LogP contribution >= 0.6 is 23.1 Å². The molecule has 0 aliphatic heterocycles. The maximum Gasteiger partial charge on any atom is 0.229 e. The third-order valence-electron chi connectivity index (χ3n) is 5.40. The first-order valence-electron chi connectivity index (χ1n) is 10.2. The van der Waals surface area contributed by atoms with E-state index in [-0.39, 0.29) is 17.6 Å². The van der Waals surface area contributed by atoms with Crippen LogP contribution in [-0.4, -0.2) is 10.9 Å². The molecule has 6 heteroatoms. The zero-order valence-corrected chi connectivity index (χ0v) is 18.1. The lowest BCUT2D eigenvalue weighted by molar-refractivity contribution is -0.121. The molecule has 1 N–H and O–H groups in total. The Kier molecular flexibility index (Phi) is 8.34. The average molecular weight is 421 g/mol. The summed E-state index contributed by atoms with van der Waals surface area (Å²) in [4.78, 5) is 17.1. The van der Waals surface area contributed by atoms with Crippen molar-refractivity contribution in [1.82, 2.24) is 4.98 Å². The Bertz CT molecular complexity index is 739. The topological polar surface area (TPSA) is 42.0 Å². The Morgan fingerprint density at radius 2 is 1.96 bits per heavy atom. The number of thioether (sulfide) groups is 1. The zero-order chi connectivity index (χ0) is 19.8. The highest BCUT2D eigenvalue weighted by Gasteiger charge is 2.26. The molecule has 0 unspecified atom stereocenters. The van der Waals surface area contributed by atoms with Gasteiger partial charge in [-0.2, -0.15) is 11.8 Å². The van der Waals surface area contributed by atoms with Gasteiger partial charge in [0.25, 0.3) is 0 Å². The van der Waals surface area contributed by atoms with Crippen LogP contribution in [0.25, 0.3) is 0 Å². The van der Waals surface area contributed by atoms with Crippen LogP contribution in [0.2, 0.25) is 0 Å². The predicted octanol–water partition coefficient (Wildman–Crippen LogP) is 6.65. The largest absolute Gasteiger partial charge is 0.302 e. The number of benzene rings is 1. The first-order valence-corrected chi connectivity index (χ1v) is 12.2. The normalized spacial score (nSPS) is 19.5. The van der Waals surface area contributed by atoms with Crippen LogP contribution in [0.4, 0.5) is 9.52 Å². The molecule has 2 aromatic rings. The second-order valence-corrected chi connectivity index (χ2v) is 9.46. The number of amides is 1. The summed E-state index contributed by atoms with van der Waals surface area (Å²) in [7, 11) is 0. The second kappa shape index (κ2) is 11.0. The number of aromatic nitrogens is 1. The minimum atomic E-state index is -0.205. The molecule has 1 aromatic carbocycles. The molecule has 0 saturated heterocycles. The van der Waals surface area contributed by atoms with E-state index in [0.717, 1.165) is 41.5 Å². The van der Waals surface area contributed by atoms with E-state index < -0.39 is 0 Å². The fourth-order valence-electron chi connectivity index (χ4n) is 3.70. The van der Waals surface area contributed by atoms with E-state index in [1.165, 1.54) is 55.6 Å². The van der Waals surface area contributed by atoms with Crippen molar-refractivity contribution in [3.05, 3.63) is 46.7 Å². The van der Waals surface area contributed by atoms with Gasteiger partial charge in [0, 0.05) is 22.8 Å². The Morgan fingerprint density at radius 3 is 2.68 bits per heavy atom. The summed E-state index contributed by atoms with van der Waals surface area (Å²) in [6.07, 6.45) is 8.26. The molecule has 28 heavy (non-hydrogen) atoms. The number of hydrogen-bond acceptors (Lipinski definition) is 4. The number of nitrogens with zero attached hydrogens (tertiary/aromatic N) is 1. The lowest BCUT2D eigenvalue weighted by Crippen LogP contribution is -2.27. The lowest BCUT2D eigenvalue weighted by atomic mass is 9.79. The minimum Gasteiger partial charge on any atom is -0.302 e.